The molecule has 20 heavy (non-hydrogen) atoms. The average Bonchev–Trinajstić information content (AvgIpc) is 2.43. The van der Waals surface area contributed by atoms with Gasteiger partial charge in [-0.2, -0.15) is 0 Å². The number of hydrogen-bond acceptors (Lipinski definition) is 3. The Kier molecular flexibility index (Phi) is 5.42. The Morgan fingerprint density at radius 1 is 1.20 bits per heavy atom. The summed E-state index contributed by atoms with van der Waals surface area (Å²) in [6.45, 7) is 2.36. The zero-order chi connectivity index (χ0) is 14.5. The molecular weight excluding hydrogens is 435 g/mol. The predicted molar refractivity (Wildman–Crippen MR) is 89.4 cm³/mol. The van der Waals surface area contributed by atoms with Gasteiger partial charge in [0.15, 0.2) is 0 Å². The maximum atomic E-state index is 12.2. The van der Waals surface area contributed by atoms with Gasteiger partial charge in [0.2, 0.25) is 0 Å². The van der Waals surface area contributed by atoms with Crippen LogP contribution < -0.4 is 9.47 Å². The zero-order valence-electron chi connectivity index (χ0n) is 10.7. The van der Waals surface area contributed by atoms with Gasteiger partial charge in [-0.05, 0) is 72.0 Å². The van der Waals surface area contributed by atoms with Gasteiger partial charge in [-0.15, -0.1) is 0 Å². The second-order valence-corrected chi connectivity index (χ2v) is 6.08. The van der Waals surface area contributed by atoms with Crippen molar-refractivity contribution in [1.82, 2.24) is 0 Å². The van der Waals surface area contributed by atoms with Crippen LogP contribution in [0, 0.1) is 3.57 Å². The Morgan fingerprint density at radius 3 is 2.55 bits per heavy atom. The molecule has 2 rings (SSSR count). The van der Waals surface area contributed by atoms with E-state index in [0.717, 1.165) is 8.04 Å². The Balaban J connectivity index is 2.23. The van der Waals surface area contributed by atoms with Gasteiger partial charge in [-0.1, -0.05) is 15.9 Å². The first-order valence-electron chi connectivity index (χ1n) is 6.00. The molecule has 0 N–H and O–H groups in total. The quantitative estimate of drug-likeness (QED) is 0.389. The largest absolute Gasteiger partial charge is 0.493 e. The number of ether oxygens (including phenoxy) is 2. The number of hydrogen-bond donors (Lipinski definition) is 0. The van der Waals surface area contributed by atoms with Crippen molar-refractivity contribution in [2.75, 3.05) is 6.61 Å². The van der Waals surface area contributed by atoms with Gasteiger partial charge >= 0.3 is 5.97 Å². The molecule has 104 valence electrons. The molecule has 0 unspecified atom stereocenters. The van der Waals surface area contributed by atoms with E-state index in [1.54, 1.807) is 24.3 Å². The van der Waals surface area contributed by atoms with Crippen LogP contribution in [0.3, 0.4) is 0 Å². The highest BCUT2D eigenvalue weighted by Gasteiger charge is 2.15. The average molecular weight is 447 g/mol. The normalized spacial score (nSPS) is 10.2. The minimum atomic E-state index is -0.434. The number of benzene rings is 2. The highest BCUT2D eigenvalue weighted by Crippen LogP contribution is 2.25. The first-order valence-corrected chi connectivity index (χ1v) is 7.87. The summed E-state index contributed by atoms with van der Waals surface area (Å²) in [7, 11) is 0. The second-order valence-electron chi connectivity index (χ2n) is 3.92. The van der Waals surface area contributed by atoms with Crippen molar-refractivity contribution in [3.63, 3.8) is 0 Å². The van der Waals surface area contributed by atoms with E-state index in [1.165, 1.54) is 0 Å². The van der Waals surface area contributed by atoms with Crippen LogP contribution >= 0.6 is 38.5 Å². The van der Waals surface area contributed by atoms with Crippen molar-refractivity contribution < 1.29 is 14.3 Å². The van der Waals surface area contributed by atoms with Gasteiger partial charge in [-0.25, -0.2) is 4.79 Å². The molecule has 2 aromatic carbocycles. The predicted octanol–water partition coefficient (Wildman–Crippen LogP) is 4.67. The topological polar surface area (TPSA) is 35.5 Å². The van der Waals surface area contributed by atoms with Crippen molar-refractivity contribution in [2.24, 2.45) is 0 Å². The summed E-state index contributed by atoms with van der Waals surface area (Å²) in [6, 6.07) is 12.6. The van der Waals surface area contributed by atoms with Crippen molar-refractivity contribution in [2.45, 2.75) is 6.92 Å². The van der Waals surface area contributed by atoms with Gasteiger partial charge in [0.25, 0.3) is 0 Å². The van der Waals surface area contributed by atoms with E-state index < -0.39 is 5.97 Å². The minimum Gasteiger partial charge on any atom is -0.493 e. The summed E-state index contributed by atoms with van der Waals surface area (Å²) in [6.07, 6.45) is 0. The van der Waals surface area contributed by atoms with E-state index in [2.05, 4.69) is 38.5 Å². The zero-order valence-corrected chi connectivity index (χ0v) is 14.5. The van der Waals surface area contributed by atoms with Crippen molar-refractivity contribution in [3.05, 3.63) is 56.1 Å². The molecule has 0 saturated carbocycles. The summed E-state index contributed by atoms with van der Waals surface area (Å²) in [5.74, 6) is 0.597. The summed E-state index contributed by atoms with van der Waals surface area (Å²) in [5, 5.41) is 0. The second kappa shape index (κ2) is 7.08. The Hall–Kier alpha value is -1.08. The molecule has 0 spiro atoms. The lowest BCUT2D eigenvalue weighted by atomic mass is 10.2. The fourth-order valence-electron chi connectivity index (χ4n) is 1.61. The van der Waals surface area contributed by atoms with Crippen LogP contribution in [0.15, 0.2) is 46.9 Å². The van der Waals surface area contributed by atoms with E-state index in [1.807, 2.05) is 25.1 Å². The third kappa shape index (κ3) is 3.96. The molecule has 0 aliphatic heterocycles. The smallest absolute Gasteiger partial charge is 0.347 e. The summed E-state index contributed by atoms with van der Waals surface area (Å²) in [5.41, 5.74) is 0.403. The first kappa shape index (κ1) is 15.3. The Labute approximate surface area is 139 Å². The van der Waals surface area contributed by atoms with E-state index in [-0.39, 0.29) is 0 Å². The number of carbonyl (C=O) groups is 1. The van der Waals surface area contributed by atoms with Crippen molar-refractivity contribution in [1.29, 1.82) is 0 Å². The maximum absolute atomic E-state index is 12.2. The minimum absolute atomic E-state index is 0.403. The monoisotopic (exact) mass is 446 g/mol. The van der Waals surface area contributed by atoms with Crippen LogP contribution in [-0.2, 0) is 0 Å². The lowest BCUT2D eigenvalue weighted by molar-refractivity contribution is 0.0730. The Morgan fingerprint density at radius 2 is 1.90 bits per heavy atom. The first-order chi connectivity index (χ1) is 9.60. The highest BCUT2D eigenvalue weighted by molar-refractivity contribution is 14.1. The summed E-state index contributed by atoms with van der Waals surface area (Å²) in [4.78, 5) is 12.2. The molecule has 0 saturated heterocycles. The lowest BCUT2D eigenvalue weighted by Crippen LogP contribution is -2.11. The number of carbonyl (C=O) groups excluding carboxylic acids is 1. The number of esters is 1. The molecule has 3 nitrogen and oxygen atoms in total. The standard InChI is InChI=1S/C15H12BrIO3/c1-2-19-14-8-3-10(16)9-13(14)15(18)20-12-6-4-11(17)5-7-12/h3-9H,2H2,1H3. The molecule has 0 amide bonds. The molecule has 0 fully saturated rings. The lowest BCUT2D eigenvalue weighted by Gasteiger charge is -2.10. The summed E-state index contributed by atoms with van der Waals surface area (Å²) >= 11 is 5.54. The van der Waals surface area contributed by atoms with Crippen LogP contribution in [0.1, 0.15) is 17.3 Å². The van der Waals surface area contributed by atoms with E-state index in [4.69, 9.17) is 9.47 Å². The molecule has 0 bridgehead atoms. The molecule has 2 aromatic rings. The number of halogens is 2. The third-order valence-electron chi connectivity index (χ3n) is 2.49. The van der Waals surface area contributed by atoms with Crippen LogP contribution in [-0.4, -0.2) is 12.6 Å². The molecule has 0 heterocycles. The van der Waals surface area contributed by atoms with Crippen LogP contribution in [0.4, 0.5) is 0 Å². The van der Waals surface area contributed by atoms with Gasteiger partial charge < -0.3 is 9.47 Å². The molecule has 0 aliphatic carbocycles. The van der Waals surface area contributed by atoms with E-state index in [0.29, 0.717) is 23.7 Å². The summed E-state index contributed by atoms with van der Waals surface area (Å²) < 4.78 is 12.7. The maximum Gasteiger partial charge on any atom is 0.347 e. The van der Waals surface area contributed by atoms with Crippen LogP contribution in [0.2, 0.25) is 0 Å². The molecular formula is C15H12BrIO3. The SMILES string of the molecule is CCOc1ccc(Br)cc1C(=O)Oc1ccc(I)cc1. The van der Waals surface area contributed by atoms with Gasteiger partial charge in [-0.3, -0.25) is 0 Å². The Bertz CT molecular complexity index is 611. The van der Waals surface area contributed by atoms with Gasteiger partial charge in [0.05, 0.1) is 6.61 Å². The molecule has 5 heteroatoms. The molecule has 0 aromatic heterocycles. The highest BCUT2D eigenvalue weighted by atomic mass is 127. The number of rotatable bonds is 4. The van der Waals surface area contributed by atoms with Gasteiger partial charge in [0.1, 0.15) is 17.1 Å². The van der Waals surface area contributed by atoms with E-state index in [9.17, 15) is 4.79 Å². The van der Waals surface area contributed by atoms with Gasteiger partial charge in [0, 0.05) is 8.04 Å². The fraction of sp³-hybridized carbons (Fsp3) is 0.133. The van der Waals surface area contributed by atoms with Crippen LogP contribution in [0.25, 0.3) is 0 Å². The molecule has 0 radical (unpaired) electrons. The van der Waals surface area contributed by atoms with Crippen molar-refractivity contribution >= 4 is 44.5 Å². The van der Waals surface area contributed by atoms with E-state index >= 15 is 0 Å². The van der Waals surface area contributed by atoms with Crippen LogP contribution in [0.5, 0.6) is 11.5 Å². The fourth-order valence-corrected chi connectivity index (χ4v) is 2.33. The molecule has 0 aliphatic rings. The van der Waals surface area contributed by atoms with Crippen molar-refractivity contribution in [3.8, 4) is 11.5 Å². The molecule has 0 atom stereocenters. The third-order valence-corrected chi connectivity index (χ3v) is 3.70.